The zero-order chi connectivity index (χ0) is 20.6. The van der Waals surface area contributed by atoms with Crippen LogP contribution in [0.4, 0.5) is 0 Å². The van der Waals surface area contributed by atoms with E-state index in [-0.39, 0.29) is 44.0 Å². The van der Waals surface area contributed by atoms with Gasteiger partial charge >= 0.3 is 0 Å². The van der Waals surface area contributed by atoms with Crippen molar-refractivity contribution in [2.45, 2.75) is 73.3 Å². The number of carbonyl (C=O) groups excluding carboxylic acids is 1. The third-order valence-corrected chi connectivity index (χ3v) is 5.80. The average molecular weight is 391 g/mol. The molecule has 0 heterocycles. The maximum atomic E-state index is 13.1. The summed E-state index contributed by atoms with van der Waals surface area (Å²) in [7, 11) is 0.121. The molecule has 0 aromatic heterocycles. The number of hydrogen-bond donors (Lipinski definition) is 0. The van der Waals surface area contributed by atoms with Gasteiger partial charge in [0.15, 0.2) is 5.52 Å². The maximum Gasteiger partial charge on any atom is 0.186 e. The Kier molecular flexibility index (Phi) is 8.18. The van der Waals surface area contributed by atoms with Gasteiger partial charge in [0.25, 0.3) is 0 Å². The van der Waals surface area contributed by atoms with Crippen LogP contribution in [0.3, 0.4) is 0 Å². The van der Waals surface area contributed by atoms with Crippen molar-refractivity contribution in [3.05, 3.63) is 58.1 Å². The molecule has 1 atom stereocenters. The van der Waals surface area contributed by atoms with Gasteiger partial charge in [-0.15, -0.1) is 0 Å². The number of rotatable bonds is 4. The van der Waals surface area contributed by atoms with E-state index in [0.717, 1.165) is 33.3 Å². The first-order valence-corrected chi connectivity index (χ1v) is 10.5. The molecule has 2 rings (SSSR count). The summed E-state index contributed by atoms with van der Waals surface area (Å²) in [5.41, 5.74) is 5.45. The van der Waals surface area contributed by atoms with E-state index >= 15 is 0 Å². The largest absolute Gasteiger partial charge is 0.488 e. The number of benzene rings is 2. The summed E-state index contributed by atoms with van der Waals surface area (Å²) in [6.07, 6.45) is 0. The second-order valence-corrected chi connectivity index (χ2v) is 10.6. The van der Waals surface area contributed by atoms with Crippen molar-refractivity contribution in [1.29, 1.82) is 0 Å². The van der Waals surface area contributed by atoms with Crippen LogP contribution in [-0.2, 0) is 5.41 Å². The second kappa shape index (κ2) is 9.17. The molecule has 0 N–H and O–H groups in total. The van der Waals surface area contributed by atoms with Crippen LogP contribution in [0.15, 0.2) is 30.3 Å². The smallest absolute Gasteiger partial charge is 0.186 e. The quantitative estimate of drug-likeness (QED) is 0.483. The zero-order valence-corrected chi connectivity index (χ0v) is 20.2. The normalized spacial score (nSPS) is 12.2. The molecular formula is C24H33LiO2P. The summed E-state index contributed by atoms with van der Waals surface area (Å²) < 4.78 is 5.93. The van der Waals surface area contributed by atoms with Crippen LogP contribution in [0.5, 0.6) is 5.75 Å². The second-order valence-electron chi connectivity index (χ2n) is 9.38. The molecule has 0 saturated heterocycles. The van der Waals surface area contributed by atoms with E-state index in [0.29, 0.717) is 0 Å². The molecule has 2 aromatic carbocycles. The average Bonchev–Trinajstić information content (AvgIpc) is 2.46. The van der Waals surface area contributed by atoms with Crippen LogP contribution in [0, 0.1) is 20.8 Å². The van der Waals surface area contributed by atoms with Crippen LogP contribution in [-0.4, -0.2) is 30.0 Å². The SMILES string of the molecule is Cc1cc(OC(C)(C)C)ccc1PC(=O)c1c(C)cc(C(C)(C)C)cc1C.[Li]. The molecule has 0 aliphatic heterocycles. The van der Waals surface area contributed by atoms with Gasteiger partial charge in [-0.1, -0.05) is 39.0 Å². The fraction of sp³-hybridized carbons (Fsp3) is 0.458. The van der Waals surface area contributed by atoms with E-state index in [4.69, 9.17) is 4.74 Å². The van der Waals surface area contributed by atoms with Crippen LogP contribution in [0.1, 0.15) is 74.2 Å². The van der Waals surface area contributed by atoms with Crippen molar-refractivity contribution in [3.63, 3.8) is 0 Å². The standard InChI is InChI=1S/C24H33O2P.Li/c1-15-14-19(26-24(7,8)9)10-11-20(15)27-22(25)21-16(2)12-18(13-17(21)3)23(4,5)6;/h10-14,27H,1-9H3;. The monoisotopic (exact) mass is 391 g/mol. The molecule has 2 aromatic rings. The Morgan fingerprint density at radius 3 is 1.82 bits per heavy atom. The summed E-state index contributed by atoms with van der Waals surface area (Å²) in [5.74, 6) is 0.850. The Balaban J connectivity index is 0.00000392. The van der Waals surface area contributed by atoms with E-state index in [9.17, 15) is 4.79 Å². The molecule has 147 valence electrons. The van der Waals surface area contributed by atoms with Gasteiger partial charge in [0.2, 0.25) is 0 Å². The van der Waals surface area contributed by atoms with Crippen LogP contribution >= 0.6 is 8.58 Å². The van der Waals surface area contributed by atoms with Crippen molar-refractivity contribution in [1.82, 2.24) is 0 Å². The van der Waals surface area contributed by atoms with E-state index in [1.165, 1.54) is 5.56 Å². The maximum absolute atomic E-state index is 13.1. The summed E-state index contributed by atoms with van der Waals surface area (Å²) in [6, 6.07) is 10.4. The predicted octanol–water partition coefficient (Wildman–Crippen LogP) is 5.85. The minimum Gasteiger partial charge on any atom is -0.488 e. The minimum absolute atomic E-state index is 0. The molecule has 0 aliphatic rings. The van der Waals surface area contributed by atoms with Crippen molar-refractivity contribution < 1.29 is 9.53 Å². The molecule has 0 saturated carbocycles. The van der Waals surface area contributed by atoms with Gasteiger partial charge in [0.1, 0.15) is 11.4 Å². The van der Waals surface area contributed by atoms with Gasteiger partial charge in [0.05, 0.1) is 0 Å². The molecule has 4 heteroatoms. The number of carbonyl (C=O) groups is 1. The molecule has 0 amide bonds. The molecule has 1 radical (unpaired) electrons. The fourth-order valence-corrected chi connectivity index (χ4v) is 4.33. The fourth-order valence-electron chi connectivity index (χ4n) is 3.13. The summed E-state index contributed by atoms with van der Waals surface area (Å²) in [4.78, 5) is 13.1. The first kappa shape index (κ1) is 25.0. The van der Waals surface area contributed by atoms with Gasteiger partial charge < -0.3 is 4.74 Å². The molecule has 1 unspecified atom stereocenters. The van der Waals surface area contributed by atoms with Gasteiger partial charge in [0, 0.05) is 24.4 Å². The molecule has 0 aliphatic carbocycles. The minimum atomic E-state index is -0.227. The van der Waals surface area contributed by atoms with Crippen LogP contribution in [0.25, 0.3) is 0 Å². The Morgan fingerprint density at radius 1 is 0.857 bits per heavy atom. The third kappa shape index (κ3) is 6.49. The van der Waals surface area contributed by atoms with Gasteiger partial charge in [-0.05, 0) is 95.2 Å². The molecule has 2 nitrogen and oxygen atoms in total. The molecule has 28 heavy (non-hydrogen) atoms. The Bertz CT molecular complexity index is 835. The number of aryl methyl sites for hydroxylation is 3. The summed E-state index contributed by atoms with van der Waals surface area (Å²) in [5, 5.41) is 1.08. The molecular weight excluding hydrogens is 358 g/mol. The summed E-state index contributed by atoms with van der Waals surface area (Å²) >= 11 is 0. The number of ether oxygens (including phenoxy) is 1. The van der Waals surface area contributed by atoms with Gasteiger partial charge in [-0.25, -0.2) is 0 Å². The van der Waals surface area contributed by atoms with E-state index in [1.807, 2.05) is 59.7 Å². The first-order valence-electron chi connectivity index (χ1n) is 9.51. The molecule has 0 bridgehead atoms. The van der Waals surface area contributed by atoms with Crippen molar-refractivity contribution in [3.8, 4) is 5.75 Å². The van der Waals surface area contributed by atoms with E-state index in [2.05, 4.69) is 32.9 Å². The van der Waals surface area contributed by atoms with Gasteiger partial charge in [-0.3, -0.25) is 4.79 Å². The van der Waals surface area contributed by atoms with Crippen molar-refractivity contribution in [2.24, 2.45) is 0 Å². The van der Waals surface area contributed by atoms with Gasteiger partial charge in [-0.2, -0.15) is 0 Å². The Labute approximate surface area is 184 Å². The number of hydrogen-bond acceptors (Lipinski definition) is 2. The summed E-state index contributed by atoms with van der Waals surface area (Å²) in [6.45, 7) is 18.9. The third-order valence-electron chi connectivity index (χ3n) is 4.50. The van der Waals surface area contributed by atoms with Crippen molar-refractivity contribution in [2.75, 3.05) is 0 Å². The van der Waals surface area contributed by atoms with Crippen LogP contribution in [0.2, 0.25) is 0 Å². The first-order chi connectivity index (χ1) is 12.3. The van der Waals surface area contributed by atoms with Crippen LogP contribution < -0.4 is 10.0 Å². The Morgan fingerprint density at radius 2 is 1.39 bits per heavy atom. The predicted molar refractivity (Wildman–Crippen MR) is 124 cm³/mol. The van der Waals surface area contributed by atoms with Crippen molar-refractivity contribution >= 4 is 38.3 Å². The Hall–Kier alpha value is -1.06. The topological polar surface area (TPSA) is 26.3 Å². The van der Waals surface area contributed by atoms with E-state index < -0.39 is 0 Å². The molecule has 0 fully saturated rings. The zero-order valence-electron chi connectivity index (χ0n) is 19.2. The molecule has 0 spiro atoms. The van der Waals surface area contributed by atoms with E-state index in [1.54, 1.807) is 0 Å².